The van der Waals surface area contributed by atoms with Crippen molar-refractivity contribution in [3.63, 3.8) is 0 Å². The van der Waals surface area contributed by atoms with Gasteiger partial charge in [-0.3, -0.25) is 9.59 Å². The van der Waals surface area contributed by atoms with Crippen LogP contribution in [0.25, 0.3) is 16.8 Å². The van der Waals surface area contributed by atoms with Crippen molar-refractivity contribution in [1.29, 1.82) is 5.26 Å². The third-order valence-electron chi connectivity index (χ3n) is 6.88. The fourth-order valence-electron chi connectivity index (χ4n) is 4.54. The number of nitrogens with one attached hydrogen (secondary N) is 2. The lowest BCUT2D eigenvalue weighted by molar-refractivity contribution is -0.130. The zero-order valence-corrected chi connectivity index (χ0v) is 22.3. The first-order valence-electron chi connectivity index (χ1n) is 12.2. The highest BCUT2D eigenvalue weighted by Crippen LogP contribution is 2.50. The predicted molar refractivity (Wildman–Crippen MR) is 146 cm³/mol. The molecule has 0 spiro atoms. The molecule has 1 unspecified atom stereocenters. The fourth-order valence-corrected chi connectivity index (χ4v) is 5.21. The Bertz CT molecular complexity index is 1520. The average Bonchev–Trinajstić information content (AvgIpc) is 3.64. The number of halogens is 1. The molecule has 190 valence electrons. The lowest BCUT2D eigenvalue weighted by Gasteiger charge is -2.22. The summed E-state index contributed by atoms with van der Waals surface area (Å²) >= 11 is 3.56. The summed E-state index contributed by atoms with van der Waals surface area (Å²) in [6, 6.07) is 24.3. The summed E-state index contributed by atoms with van der Waals surface area (Å²) < 4.78 is 2.53. The van der Waals surface area contributed by atoms with Crippen molar-refractivity contribution in [1.82, 2.24) is 25.6 Å². The van der Waals surface area contributed by atoms with Gasteiger partial charge in [0.15, 0.2) is 0 Å². The van der Waals surface area contributed by atoms with Gasteiger partial charge in [0.05, 0.1) is 34.6 Å². The summed E-state index contributed by atoms with van der Waals surface area (Å²) in [7, 11) is 1.55. The smallest absolute Gasteiger partial charge is 0.242 e. The molecule has 5 rings (SSSR count). The minimum atomic E-state index is -0.781. The van der Waals surface area contributed by atoms with Gasteiger partial charge >= 0.3 is 0 Å². The van der Waals surface area contributed by atoms with Crippen molar-refractivity contribution in [3.8, 4) is 22.9 Å². The molecule has 1 fully saturated rings. The number of amides is 2. The van der Waals surface area contributed by atoms with E-state index in [9.17, 15) is 9.59 Å². The van der Waals surface area contributed by atoms with E-state index in [4.69, 9.17) is 5.26 Å². The number of nitriles is 1. The van der Waals surface area contributed by atoms with Gasteiger partial charge in [0, 0.05) is 17.9 Å². The van der Waals surface area contributed by atoms with Gasteiger partial charge in [-0.1, -0.05) is 63.6 Å². The first-order chi connectivity index (χ1) is 18.4. The number of hydrogen-bond acceptors (Lipinski definition) is 5. The maximum atomic E-state index is 13.3. The maximum Gasteiger partial charge on any atom is 0.242 e. The summed E-state index contributed by atoms with van der Waals surface area (Å²) in [6.07, 6.45) is 3.44. The summed E-state index contributed by atoms with van der Waals surface area (Å²) in [4.78, 5) is 26.0. The van der Waals surface area contributed by atoms with Crippen LogP contribution >= 0.6 is 15.9 Å². The molecule has 1 aromatic heterocycles. The first kappa shape index (κ1) is 25.4. The standard InChI is InChI=1S/C29H25BrN6O2/c1-32-27(37)26(33-28(38)29(14-15-29)24-4-2-3-5-25(24)30)16-22-18-36(35-34-22)23-12-10-21(11-13-23)20-8-6-19(17-31)7-9-20/h2-13,18,26H,14-16H2,1H3,(H,32,37)(H,33,38). The largest absolute Gasteiger partial charge is 0.357 e. The van der Waals surface area contributed by atoms with E-state index in [0.717, 1.165) is 39.7 Å². The van der Waals surface area contributed by atoms with Gasteiger partial charge in [-0.25, -0.2) is 4.68 Å². The van der Waals surface area contributed by atoms with Crippen molar-refractivity contribution < 1.29 is 9.59 Å². The molecule has 0 bridgehead atoms. The molecule has 0 radical (unpaired) electrons. The van der Waals surface area contributed by atoms with E-state index in [0.29, 0.717) is 11.3 Å². The van der Waals surface area contributed by atoms with Crippen LogP contribution < -0.4 is 10.6 Å². The second-order valence-corrected chi connectivity index (χ2v) is 10.2. The first-order valence-corrected chi connectivity index (χ1v) is 13.0. The van der Waals surface area contributed by atoms with Crippen LogP contribution in [0.3, 0.4) is 0 Å². The van der Waals surface area contributed by atoms with Crippen molar-refractivity contribution >= 4 is 27.7 Å². The van der Waals surface area contributed by atoms with Gasteiger partial charge in [0.1, 0.15) is 6.04 Å². The molecule has 2 amide bonds. The highest BCUT2D eigenvalue weighted by molar-refractivity contribution is 9.10. The van der Waals surface area contributed by atoms with Gasteiger partial charge in [-0.15, -0.1) is 5.10 Å². The van der Waals surface area contributed by atoms with Crippen LogP contribution in [0.2, 0.25) is 0 Å². The summed E-state index contributed by atoms with van der Waals surface area (Å²) in [5, 5.41) is 23.1. The second-order valence-electron chi connectivity index (χ2n) is 9.30. The number of carbonyl (C=O) groups excluding carboxylic acids is 2. The number of carbonyl (C=O) groups is 2. The van der Waals surface area contributed by atoms with Crippen LogP contribution in [-0.2, 0) is 21.4 Å². The Morgan fingerprint density at radius 3 is 2.32 bits per heavy atom. The van der Waals surface area contributed by atoms with E-state index in [2.05, 4.69) is 42.9 Å². The second kappa shape index (κ2) is 10.6. The topological polar surface area (TPSA) is 113 Å². The van der Waals surface area contributed by atoms with Crippen LogP contribution in [0.5, 0.6) is 0 Å². The number of likely N-dealkylation sites (N-methyl/N-ethyl adjacent to an activating group) is 1. The molecule has 1 saturated carbocycles. The van der Waals surface area contributed by atoms with Gasteiger partial charge < -0.3 is 10.6 Å². The molecule has 38 heavy (non-hydrogen) atoms. The fraction of sp³-hybridized carbons (Fsp3) is 0.207. The van der Waals surface area contributed by atoms with E-state index < -0.39 is 11.5 Å². The normalized spacial score (nSPS) is 14.2. The van der Waals surface area contributed by atoms with Crippen LogP contribution in [0.1, 0.15) is 29.7 Å². The lowest BCUT2D eigenvalue weighted by atomic mass is 9.94. The molecule has 2 N–H and O–H groups in total. The van der Waals surface area contributed by atoms with E-state index in [-0.39, 0.29) is 18.2 Å². The average molecular weight is 569 g/mol. The minimum Gasteiger partial charge on any atom is -0.357 e. The Kier molecular flexibility index (Phi) is 7.07. The van der Waals surface area contributed by atoms with Crippen LogP contribution in [-0.4, -0.2) is 39.9 Å². The minimum absolute atomic E-state index is 0.163. The Morgan fingerprint density at radius 1 is 1.05 bits per heavy atom. The Balaban J connectivity index is 1.30. The molecular weight excluding hydrogens is 544 g/mol. The molecule has 8 nitrogen and oxygen atoms in total. The summed E-state index contributed by atoms with van der Waals surface area (Å²) in [6.45, 7) is 0. The Hall–Kier alpha value is -4.29. The molecule has 0 aliphatic heterocycles. The molecule has 1 heterocycles. The molecule has 1 atom stereocenters. The van der Waals surface area contributed by atoms with Gasteiger partial charge in [0.2, 0.25) is 11.8 Å². The highest BCUT2D eigenvalue weighted by atomic mass is 79.9. The van der Waals surface area contributed by atoms with E-state index in [1.165, 1.54) is 0 Å². The molecule has 0 saturated heterocycles. The number of nitrogens with zero attached hydrogens (tertiary/aromatic N) is 4. The van der Waals surface area contributed by atoms with Crippen molar-refractivity contribution in [3.05, 3.63) is 100 Å². The van der Waals surface area contributed by atoms with Gasteiger partial charge in [-0.05, 0) is 59.9 Å². The number of hydrogen-bond donors (Lipinski definition) is 2. The molecule has 1 aliphatic rings. The molecule has 9 heteroatoms. The zero-order chi connectivity index (χ0) is 26.7. The highest BCUT2D eigenvalue weighted by Gasteiger charge is 2.52. The van der Waals surface area contributed by atoms with E-state index in [1.807, 2.05) is 60.7 Å². The third-order valence-corrected chi connectivity index (χ3v) is 7.57. The quantitative estimate of drug-likeness (QED) is 0.332. The van der Waals surface area contributed by atoms with Crippen LogP contribution in [0.4, 0.5) is 0 Å². The van der Waals surface area contributed by atoms with Gasteiger partial charge in [0.25, 0.3) is 0 Å². The maximum absolute atomic E-state index is 13.3. The molecular formula is C29H25BrN6O2. The lowest BCUT2D eigenvalue weighted by Crippen LogP contribution is -2.50. The van der Waals surface area contributed by atoms with Gasteiger partial charge in [-0.2, -0.15) is 5.26 Å². The summed E-state index contributed by atoms with van der Waals surface area (Å²) in [5.41, 5.74) is 4.35. The van der Waals surface area contributed by atoms with Crippen LogP contribution in [0.15, 0.2) is 83.5 Å². The van der Waals surface area contributed by atoms with Crippen molar-refractivity contribution in [2.24, 2.45) is 0 Å². The van der Waals surface area contributed by atoms with Crippen LogP contribution in [0, 0.1) is 11.3 Å². The monoisotopic (exact) mass is 568 g/mol. The zero-order valence-electron chi connectivity index (χ0n) is 20.7. The Labute approximate surface area is 228 Å². The predicted octanol–water partition coefficient (Wildman–Crippen LogP) is 4.07. The SMILES string of the molecule is CNC(=O)C(Cc1cn(-c2ccc(-c3ccc(C#N)cc3)cc2)nn1)NC(=O)C1(c2ccccc2Br)CC1. The Morgan fingerprint density at radius 2 is 1.71 bits per heavy atom. The summed E-state index contributed by atoms with van der Waals surface area (Å²) in [5.74, 6) is -0.452. The van der Waals surface area contributed by atoms with E-state index in [1.54, 1.807) is 30.1 Å². The number of benzene rings is 3. The molecule has 1 aliphatic carbocycles. The third kappa shape index (κ3) is 5.08. The van der Waals surface area contributed by atoms with E-state index >= 15 is 0 Å². The number of rotatable bonds is 8. The molecule has 4 aromatic rings. The number of aromatic nitrogens is 3. The van der Waals surface area contributed by atoms with Crippen molar-refractivity contribution in [2.45, 2.75) is 30.7 Å². The molecule has 3 aromatic carbocycles. The van der Waals surface area contributed by atoms with Crippen molar-refractivity contribution in [2.75, 3.05) is 7.05 Å².